The highest BCUT2D eigenvalue weighted by molar-refractivity contribution is 5.77. The monoisotopic (exact) mass is 228 g/mol. The van der Waals surface area contributed by atoms with Crippen LogP contribution in [0.3, 0.4) is 0 Å². The van der Waals surface area contributed by atoms with Crippen LogP contribution in [0.4, 0.5) is 0 Å². The van der Waals surface area contributed by atoms with E-state index < -0.39 is 0 Å². The summed E-state index contributed by atoms with van der Waals surface area (Å²) in [6.07, 6.45) is 2.51. The second-order valence-corrected chi connectivity index (χ2v) is 5.58. The van der Waals surface area contributed by atoms with Gasteiger partial charge in [-0.15, -0.1) is 0 Å². The molecule has 0 saturated heterocycles. The molecule has 1 aliphatic carbocycles. The quantitative estimate of drug-likeness (QED) is 0.703. The minimum absolute atomic E-state index is 0.0269. The van der Waals surface area contributed by atoms with Crippen LogP contribution >= 0.6 is 0 Å². The molecular formula is C12H24N2O2. The van der Waals surface area contributed by atoms with E-state index in [0.717, 1.165) is 6.61 Å². The number of carbonyl (C=O) groups is 1. The summed E-state index contributed by atoms with van der Waals surface area (Å²) in [4.78, 5) is 13.4. The number of hydrogen-bond donors (Lipinski definition) is 1. The lowest BCUT2D eigenvalue weighted by Crippen LogP contribution is -2.41. The van der Waals surface area contributed by atoms with Crippen molar-refractivity contribution in [3.63, 3.8) is 0 Å². The summed E-state index contributed by atoms with van der Waals surface area (Å²) in [6, 6.07) is 0. The number of carbonyl (C=O) groups excluding carboxylic acids is 1. The standard InChI is InChI=1S/C12H24N2O2/c1-12(2,8-13)9-14(3)11(15)7-16-6-10-4-5-10/h10H,4-9,13H2,1-3H3. The first-order chi connectivity index (χ1) is 7.44. The number of ether oxygens (including phenoxy) is 1. The van der Waals surface area contributed by atoms with Crippen molar-refractivity contribution in [1.29, 1.82) is 0 Å². The fourth-order valence-corrected chi connectivity index (χ4v) is 1.50. The minimum Gasteiger partial charge on any atom is -0.371 e. The second-order valence-electron chi connectivity index (χ2n) is 5.58. The van der Waals surface area contributed by atoms with E-state index in [0.29, 0.717) is 19.0 Å². The highest BCUT2D eigenvalue weighted by Crippen LogP contribution is 2.28. The first-order valence-corrected chi connectivity index (χ1v) is 5.96. The predicted molar refractivity (Wildman–Crippen MR) is 64.0 cm³/mol. The molecule has 1 fully saturated rings. The summed E-state index contributed by atoms with van der Waals surface area (Å²) in [5.41, 5.74) is 5.61. The molecule has 1 saturated carbocycles. The molecule has 0 bridgehead atoms. The van der Waals surface area contributed by atoms with E-state index in [2.05, 4.69) is 13.8 Å². The fourth-order valence-electron chi connectivity index (χ4n) is 1.50. The zero-order chi connectivity index (χ0) is 12.2. The highest BCUT2D eigenvalue weighted by Gasteiger charge is 2.23. The Hall–Kier alpha value is -0.610. The largest absolute Gasteiger partial charge is 0.371 e. The SMILES string of the molecule is CN(CC(C)(C)CN)C(=O)COCC1CC1. The van der Waals surface area contributed by atoms with Crippen LogP contribution in [-0.2, 0) is 9.53 Å². The van der Waals surface area contributed by atoms with Crippen molar-refractivity contribution in [1.82, 2.24) is 4.90 Å². The molecule has 0 aromatic rings. The van der Waals surface area contributed by atoms with Crippen LogP contribution in [0, 0.1) is 11.3 Å². The van der Waals surface area contributed by atoms with E-state index >= 15 is 0 Å². The van der Waals surface area contributed by atoms with Crippen LogP contribution < -0.4 is 5.73 Å². The molecule has 1 aliphatic rings. The van der Waals surface area contributed by atoms with Gasteiger partial charge in [0.05, 0.1) is 6.61 Å². The van der Waals surface area contributed by atoms with Gasteiger partial charge in [-0.3, -0.25) is 4.79 Å². The topological polar surface area (TPSA) is 55.6 Å². The van der Waals surface area contributed by atoms with Gasteiger partial charge in [0.1, 0.15) is 6.61 Å². The lowest BCUT2D eigenvalue weighted by atomic mass is 9.93. The molecule has 2 N–H and O–H groups in total. The number of nitrogens with zero attached hydrogens (tertiary/aromatic N) is 1. The highest BCUT2D eigenvalue weighted by atomic mass is 16.5. The van der Waals surface area contributed by atoms with Gasteiger partial charge in [0.25, 0.3) is 0 Å². The first-order valence-electron chi connectivity index (χ1n) is 5.96. The summed E-state index contributed by atoms with van der Waals surface area (Å²) in [5.74, 6) is 0.751. The zero-order valence-corrected chi connectivity index (χ0v) is 10.7. The number of hydrogen-bond acceptors (Lipinski definition) is 3. The molecule has 4 nitrogen and oxygen atoms in total. The Balaban J connectivity index is 2.18. The minimum atomic E-state index is -0.0269. The Bertz CT molecular complexity index is 237. The van der Waals surface area contributed by atoms with Crippen LogP contribution in [0.2, 0.25) is 0 Å². The molecule has 0 spiro atoms. The average Bonchev–Trinajstić information content (AvgIpc) is 3.01. The molecule has 0 radical (unpaired) electrons. The molecule has 0 unspecified atom stereocenters. The maximum absolute atomic E-state index is 11.7. The van der Waals surface area contributed by atoms with E-state index in [9.17, 15) is 4.79 Å². The summed E-state index contributed by atoms with van der Waals surface area (Å²) < 4.78 is 5.37. The molecule has 0 aliphatic heterocycles. The third kappa shape index (κ3) is 4.94. The lowest BCUT2D eigenvalue weighted by molar-refractivity contribution is -0.136. The van der Waals surface area contributed by atoms with Crippen molar-refractivity contribution in [3.05, 3.63) is 0 Å². The molecule has 1 amide bonds. The third-order valence-electron chi connectivity index (χ3n) is 2.92. The number of nitrogens with two attached hydrogens (primary N) is 1. The maximum Gasteiger partial charge on any atom is 0.248 e. The lowest BCUT2D eigenvalue weighted by Gasteiger charge is -2.29. The Morgan fingerprint density at radius 2 is 2.12 bits per heavy atom. The van der Waals surface area contributed by atoms with Crippen molar-refractivity contribution >= 4 is 5.91 Å². The summed E-state index contributed by atoms with van der Waals surface area (Å²) in [5, 5.41) is 0. The summed E-state index contributed by atoms with van der Waals surface area (Å²) in [6.45, 7) is 6.31. The predicted octanol–water partition coefficient (Wildman–Crippen LogP) is 0.856. The zero-order valence-electron chi connectivity index (χ0n) is 10.7. The van der Waals surface area contributed by atoms with E-state index in [-0.39, 0.29) is 17.9 Å². The van der Waals surface area contributed by atoms with Crippen LogP contribution in [-0.4, -0.2) is 44.2 Å². The number of rotatable bonds is 7. The molecule has 0 atom stereocenters. The molecule has 4 heteroatoms. The Morgan fingerprint density at radius 1 is 1.50 bits per heavy atom. The summed E-state index contributed by atoms with van der Waals surface area (Å²) in [7, 11) is 1.81. The van der Waals surface area contributed by atoms with Gasteiger partial charge in [-0.1, -0.05) is 13.8 Å². The molecule has 0 aromatic heterocycles. The van der Waals surface area contributed by atoms with Crippen LogP contribution in [0.15, 0.2) is 0 Å². The molecule has 94 valence electrons. The summed E-state index contributed by atoms with van der Waals surface area (Å²) >= 11 is 0. The van der Waals surface area contributed by atoms with Gasteiger partial charge in [0, 0.05) is 13.6 Å². The van der Waals surface area contributed by atoms with E-state index in [1.54, 1.807) is 11.9 Å². The van der Waals surface area contributed by atoms with Crippen molar-refractivity contribution in [2.75, 3.05) is 33.4 Å². The third-order valence-corrected chi connectivity index (χ3v) is 2.92. The van der Waals surface area contributed by atoms with Crippen molar-refractivity contribution in [3.8, 4) is 0 Å². The average molecular weight is 228 g/mol. The Morgan fingerprint density at radius 3 is 2.62 bits per heavy atom. The van der Waals surface area contributed by atoms with Crippen LogP contribution in [0.25, 0.3) is 0 Å². The smallest absolute Gasteiger partial charge is 0.248 e. The van der Waals surface area contributed by atoms with Crippen LogP contribution in [0.5, 0.6) is 0 Å². The number of likely N-dealkylation sites (N-methyl/N-ethyl adjacent to an activating group) is 1. The van der Waals surface area contributed by atoms with Gasteiger partial charge in [-0.05, 0) is 30.7 Å². The van der Waals surface area contributed by atoms with E-state index in [4.69, 9.17) is 10.5 Å². The fraction of sp³-hybridized carbons (Fsp3) is 0.917. The van der Waals surface area contributed by atoms with Gasteiger partial charge < -0.3 is 15.4 Å². The van der Waals surface area contributed by atoms with E-state index in [1.165, 1.54) is 12.8 Å². The Kier molecular flexibility index (Phi) is 4.74. The van der Waals surface area contributed by atoms with Gasteiger partial charge in [0.2, 0.25) is 5.91 Å². The van der Waals surface area contributed by atoms with Crippen molar-refractivity contribution in [2.45, 2.75) is 26.7 Å². The molecule has 0 aromatic carbocycles. The number of amides is 1. The van der Waals surface area contributed by atoms with E-state index in [1.807, 2.05) is 0 Å². The molecule has 16 heavy (non-hydrogen) atoms. The van der Waals surface area contributed by atoms with Gasteiger partial charge >= 0.3 is 0 Å². The Labute approximate surface area is 98.1 Å². The molecule has 0 heterocycles. The van der Waals surface area contributed by atoms with Crippen LogP contribution in [0.1, 0.15) is 26.7 Å². The molecule has 1 rings (SSSR count). The van der Waals surface area contributed by atoms with Crippen molar-refractivity contribution < 1.29 is 9.53 Å². The first kappa shape index (κ1) is 13.5. The van der Waals surface area contributed by atoms with Gasteiger partial charge in [0.15, 0.2) is 0 Å². The van der Waals surface area contributed by atoms with Crippen molar-refractivity contribution in [2.24, 2.45) is 17.1 Å². The second kappa shape index (κ2) is 5.64. The maximum atomic E-state index is 11.7. The molecular weight excluding hydrogens is 204 g/mol. The normalized spacial score (nSPS) is 16.2. The van der Waals surface area contributed by atoms with Gasteiger partial charge in [-0.25, -0.2) is 0 Å². The van der Waals surface area contributed by atoms with Gasteiger partial charge in [-0.2, -0.15) is 0 Å².